The van der Waals surface area contributed by atoms with Crippen LogP contribution in [0.2, 0.25) is 0 Å². The molecule has 1 fully saturated rings. The van der Waals surface area contributed by atoms with Gasteiger partial charge < -0.3 is 4.74 Å². The lowest BCUT2D eigenvalue weighted by Gasteiger charge is -2.32. The van der Waals surface area contributed by atoms with Crippen molar-refractivity contribution in [3.05, 3.63) is 59.9 Å². The third kappa shape index (κ3) is 5.78. The van der Waals surface area contributed by atoms with E-state index in [1.165, 1.54) is 23.8 Å². The highest BCUT2D eigenvalue weighted by atomic mass is 32.2. The number of benzene rings is 2. The molecule has 0 saturated carbocycles. The zero-order chi connectivity index (χ0) is 20.9. The number of hydrogen-bond acceptors (Lipinski definition) is 4. The van der Waals surface area contributed by atoms with Crippen LogP contribution < -0.4 is 9.46 Å². The second-order valence-electron chi connectivity index (χ2n) is 7.71. The van der Waals surface area contributed by atoms with Crippen LogP contribution in [0.25, 0.3) is 0 Å². The monoisotopic (exact) mass is 420 g/mol. The van der Waals surface area contributed by atoms with E-state index < -0.39 is 15.8 Å². The number of piperidine rings is 1. The van der Waals surface area contributed by atoms with Crippen molar-refractivity contribution in [3.8, 4) is 5.75 Å². The average molecular weight is 421 g/mol. The molecule has 1 saturated heterocycles. The molecule has 1 aliphatic rings. The van der Waals surface area contributed by atoms with Crippen LogP contribution in [0.15, 0.2) is 53.4 Å². The van der Waals surface area contributed by atoms with Crippen LogP contribution in [0.4, 0.5) is 4.39 Å². The van der Waals surface area contributed by atoms with Crippen molar-refractivity contribution in [2.45, 2.75) is 43.5 Å². The molecule has 0 atom stereocenters. The highest BCUT2D eigenvalue weighted by Gasteiger charge is 2.26. The maximum atomic E-state index is 13.8. The third-order valence-corrected chi connectivity index (χ3v) is 6.80. The SMILES string of the molecule is CC(C)c1ccccc1OCCN1CCC(NS(=O)(=O)c2ccccc2F)CC1. The van der Waals surface area contributed by atoms with E-state index in [0.717, 1.165) is 31.5 Å². The first kappa shape index (κ1) is 21.7. The number of ether oxygens (including phenoxy) is 1. The fourth-order valence-corrected chi connectivity index (χ4v) is 4.98. The Balaban J connectivity index is 1.46. The van der Waals surface area contributed by atoms with Gasteiger partial charge in [-0.2, -0.15) is 0 Å². The standard InChI is InChI=1S/C22H29FN2O3S/c1-17(2)19-7-3-5-9-21(19)28-16-15-25-13-11-18(12-14-25)24-29(26,27)22-10-6-4-8-20(22)23/h3-10,17-18,24H,11-16H2,1-2H3. The number of para-hydroxylation sites is 1. The molecule has 0 amide bonds. The van der Waals surface area contributed by atoms with Crippen LogP contribution >= 0.6 is 0 Å². The van der Waals surface area contributed by atoms with Crippen molar-refractivity contribution >= 4 is 10.0 Å². The summed E-state index contributed by atoms with van der Waals surface area (Å²) >= 11 is 0. The number of likely N-dealkylation sites (tertiary alicyclic amines) is 1. The Kier molecular flexibility index (Phi) is 7.27. The first-order chi connectivity index (χ1) is 13.9. The fourth-order valence-electron chi connectivity index (χ4n) is 3.59. The second kappa shape index (κ2) is 9.69. The Morgan fingerprint density at radius 3 is 2.45 bits per heavy atom. The predicted molar refractivity (Wildman–Crippen MR) is 112 cm³/mol. The number of nitrogens with one attached hydrogen (secondary N) is 1. The Bertz CT molecular complexity index is 910. The summed E-state index contributed by atoms with van der Waals surface area (Å²) in [5.41, 5.74) is 1.20. The molecule has 0 spiro atoms. The normalized spacial score (nSPS) is 16.3. The molecule has 1 aliphatic heterocycles. The Morgan fingerprint density at radius 1 is 1.10 bits per heavy atom. The average Bonchev–Trinajstić information content (AvgIpc) is 2.69. The molecule has 2 aromatic carbocycles. The molecule has 0 aromatic heterocycles. The van der Waals surface area contributed by atoms with Gasteiger partial charge in [-0.25, -0.2) is 17.5 Å². The van der Waals surface area contributed by atoms with Crippen LogP contribution in [0, 0.1) is 5.82 Å². The van der Waals surface area contributed by atoms with E-state index in [1.54, 1.807) is 0 Å². The second-order valence-corrected chi connectivity index (χ2v) is 9.39. The van der Waals surface area contributed by atoms with E-state index in [4.69, 9.17) is 4.74 Å². The molecule has 0 unspecified atom stereocenters. The van der Waals surface area contributed by atoms with E-state index in [2.05, 4.69) is 29.5 Å². The van der Waals surface area contributed by atoms with Gasteiger partial charge in [0.1, 0.15) is 23.1 Å². The number of rotatable bonds is 8. The summed E-state index contributed by atoms with van der Waals surface area (Å²) in [6.07, 6.45) is 1.38. The number of sulfonamides is 1. The van der Waals surface area contributed by atoms with Gasteiger partial charge in [0.2, 0.25) is 10.0 Å². The van der Waals surface area contributed by atoms with E-state index in [0.29, 0.717) is 25.4 Å². The fraction of sp³-hybridized carbons (Fsp3) is 0.455. The van der Waals surface area contributed by atoms with Crippen LogP contribution in [-0.2, 0) is 10.0 Å². The maximum absolute atomic E-state index is 13.8. The van der Waals surface area contributed by atoms with Gasteiger partial charge in [-0.15, -0.1) is 0 Å². The largest absolute Gasteiger partial charge is 0.492 e. The molecule has 5 nitrogen and oxygen atoms in total. The Morgan fingerprint density at radius 2 is 1.76 bits per heavy atom. The molecule has 2 aromatic rings. The molecule has 1 N–H and O–H groups in total. The highest BCUT2D eigenvalue weighted by molar-refractivity contribution is 7.89. The van der Waals surface area contributed by atoms with Gasteiger partial charge in [-0.3, -0.25) is 4.90 Å². The molecule has 0 radical (unpaired) electrons. The zero-order valence-electron chi connectivity index (χ0n) is 17.0. The van der Waals surface area contributed by atoms with Gasteiger partial charge in [0.05, 0.1) is 0 Å². The van der Waals surface area contributed by atoms with Crippen LogP contribution in [0.1, 0.15) is 38.2 Å². The van der Waals surface area contributed by atoms with E-state index in [9.17, 15) is 12.8 Å². The smallest absolute Gasteiger partial charge is 0.243 e. The predicted octanol–water partition coefficient (Wildman–Crippen LogP) is 3.77. The lowest BCUT2D eigenvalue weighted by molar-refractivity contribution is 0.170. The number of halogens is 1. The minimum absolute atomic E-state index is 0.182. The molecule has 7 heteroatoms. The van der Waals surface area contributed by atoms with Crippen molar-refractivity contribution in [3.63, 3.8) is 0 Å². The summed E-state index contributed by atoms with van der Waals surface area (Å²) in [6.45, 7) is 7.23. The summed E-state index contributed by atoms with van der Waals surface area (Å²) in [5, 5.41) is 0. The minimum atomic E-state index is -3.84. The summed E-state index contributed by atoms with van der Waals surface area (Å²) < 4.78 is 47.3. The van der Waals surface area contributed by atoms with Crippen LogP contribution in [0.3, 0.4) is 0 Å². The van der Waals surface area contributed by atoms with Gasteiger partial charge in [-0.1, -0.05) is 44.2 Å². The highest BCUT2D eigenvalue weighted by Crippen LogP contribution is 2.26. The molecule has 0 bridgehead atoms. The Labute approximate surface area is 172 Å². The van der Waals surface area contributed by atoms with Crippen molar-refractivity contribution in [2.75, 3.05) is 26.2 Å². The summed E-state index contributed by atoms with van der Waals surface area (Å²) in [5.74, 6) is 0.607. The molecular formula is C22H29FN2O3S. The van der Waals surface area contributed by atoms with E-state index in [-0.39, 0.29) is 10.9 Å². The summed E-state index contributed by atoms with van der Waals surface area (Å²) in [7, 11) is -3.84. The number of hydrogen-bond donors (Lipinski definition) is 1. The van der Waals surface area contributed by atoms with Gasteiger partial charge in [0.25, 0.3) is 0 Å². The van der Waals surface area contributed by atoms with Crippen molar-refractivity contribution in [2.24, 2.45) is 0 Å². The number of nitrogens with zero attached hydrogens (tertiary/aromatic N) is 1. The first-order valence-corrected chi connectivity index (χ1v) is 11.6. The van der Waals surface area contributed by atoms with Crippen molar-refractivity contribution < 1.29 is 17.5 Å². The molecule has 3 rings (SSSR count). The molecule has 158 valence electrons. The topological polar surface area (TPSA) is 58.6 Å². The Hall–Kier alpha value is -1.96. The van der Waals surface area contributed by atoms with Crippen molar-refractivity contribution in [1.29, 1.82) is 0 Å². The molecular weight excluding hydrogens is 391 g/mol. The maximum Gasteiger partial charge on any atom is 0.243 e. The lowest BCUT2D eigenvalue weighted by atomic mass is 10.0. The molecule has 29 heavy (non-hydrogen) atoms. The van der Waals surface area contributed by atoms with Gasteiger partial charge in [0, 0.05) is 12.6 Å². The van der Waals surface area contributed by atoms with E-state index in [1.807, 2.05) is 18.2 Å². The zero-order valence-corrected chi connectivity index (χ0v) is 17.8. The first-order valence-electron chi connectivity index (χ1n) is 10.1. The minimum Gasteiger partial charge on any atom is -0.492 e. The van der Waals surface area contributed by atoms with Gasteiger partial charge in [0.15, 0.2) is 0 Å². The molecule has 0 aliphatic carbocycles. The van der Waals surface area contributed by atoms with Gasteiger partial charge in [-0.05, 0) is 55.6 Å². The van der Waals surface area contributed by atoms with Crippen LogP contribution in [-0.4, -0.2) is 45.6 Å². The lowest BCUT2D eigenvalue weighted by Crippen LogP contribution is -2.45. The molecule has 1 heterocycles. The van der Waals surface area contributed by atoms with Crippen molar-refractivity contribution in [1.82, 2.24) is 9.62 Å². The van der Waals surface area contributed by atoms with E-state index >= 15 is 0 Å². The summed E-state index contributed by atoms with van der Waals surface area (Å²) in [4.78, 5) is 1.98. The summed E-state index contributed by atoms with van der Waals surface area (Å²) in [6, 6.07) is 13.4. The van der Waals surface area contributed by atoms with Gasteiger partial charge >= 0.3 is 0 Å². The quantitative estimate of drug-likeness (QED) is 0.706. The third-order valence-electron chi connectivity index (χ3n) is 5.24. The van der Waals surface area contributed by atoms with Crippen LogP contribution in [0.5, 0.6) is 5.75 Å².